The van der Waals surface area contributed by atoms with Gasteiger partial charge in [0, 0.05) is 0 Å². The summed E-state index contributed by atoms with van der Waals surface area (Å²) < 4.78 is 5.47. The lowest BCUT2D eigenvalue weighted by molar-refractivity contribution is -0.117. The zero-order valence-corrected chi connectivity index (χ0v) is 9.49. The summed E-state index contributed by atoms with van der Waals surface area (Å²) in [6.45, 7) is 3.86. The number of hydrogen-bond donors (Lipinski definition) is 1. The van der Waals surface area contributed by atoms with E-state index >= 15 is 0 Å². The highest BCUT2D eigenvalue weighted by Crippen LogP contribution is 2.24. The third kappa shape index (κ3) is 3.44. The van der Waals surface area contributed by atoms with Gasteiger partial charge in [-0.3, -0.25) is 4.79 Å². The molecule has 4 heteroatoms. The summed E-state index contributed by atoms with van der Waals surface area (Å²) in [5, 5.41) is -0.805. The first-order chi connectivity index (χ1) is 7.00. The minimum Gasteiger partial charge on any atom is -0.491 e. The number of rotatable bonds is 4. The lowest BCUT2D eigenvalue weighted by Gasteiger charge is -2.12. The van der Waals surface area contributed by atoms with Crippen LogP contribution in [0, 0.1) is 0 Å². The zero-order chi connectivity index (χ0) is 11.4. The van der Waals surface area contributed by atoms with Crippen molar-refractivity contribution in [1.29, 1.82) is 0 Å². The molecule has 0 bridgehead atoms. The first-order valence-corrected chi connectivity index (χ1v) is 5.14. The van der Waals surface area contributed by atoms with Gasteiger partial charge in [0.05, 0.1) is 6.10 Å². The summed E-state index contributed by atoms with van der Waals surface area (Å²) in [7, 11) is 0. The lowest BCUT2D eigenvalue weighted by atomic mass is 10.1. The van der Waals surface area contributed by atoms with Crippen molar-refractivity contribution in [3.63, 3.8) is 0 Å². The summed E-state index contributed by atoms with van der Waals surface area (Å²) in [6.07, 6.45) is 0.0857. The number of carbonyl (C=O) groups is 1. The van der Waals surface area contributed by atoms with Gasteiger partial charge in [0.1, 0.15) is 11.1 Å². The Bertz CT molecular complexity index is 352. The predicted octanol–water partition coefficient (Wildman–Crippen LogP) is 2.24. The van der Waals surface area contributed by atoms with Gasteiger partial charge >= 0.3 is 0 Å². The molecule has 0 radical (unpaired) electrons. The van der Waals surface area contributed by atoms with Gasteiger partial charge in [0.25, 0.3) is 0 Å². The van der Waals surface area contributed by atoms with E-state index in [2.05, 4.69) is 0 Å². The summed E-state index contributed by atoms with van der Waals surface area (Å²) in [5.41, 5.74) is 5.76. The van der Waals surface area contributed by atoms with Crippen molar-refractivity contribution in [2.75, 3.05) is 0 Å². The highest BCUT2D eigenvalue weighted by Gasteiger charge is 2.14. The summed E-state index contributed by atoms with van der Waals surface area (Å²) >= 11 is 5.82. The number of ether oxygens (including phenoxy) is 1. The minimum absolute atomic E-state index is 0.0857. The molecule has 0 aliphatic carbocycles. The molecule has 0 spiro atoms. The molecule has 0 fully saturated rings. The van der Waals surface area contributed by atoms with E-state index in [0.717, 1.165) is 0 Å². The van der Waals surface area contributed by atoms with Crippen LogP contribution in [-0.2, 0) is 4.79 Å². The van der Waals surface area contributed by atoms with Crippen LogP contribution in [-0.4, -0.2) is 12.0 Å². The second kappa shape index (κ2) is 5.03. The fourth-order valence-electron chi connectivity index (χ4n) is 1.18. The Morgan fingerprint density at radius 2 is 2.13 bits per heavy atom. The van der Waals surface area contributed by atoms with Crippen LogP contribution in [0.25, 0.3) is 0 Å². The number of nitrogens with two attached hydrogens (primary N) is 1. The van der Waals surface area contributed by atoms with Gasteiger partial charge in [-0.05, 0) is 31.5 Å². The molecule has 1 unspecified atom stereocenters. The molecule has 15 heavy (non-hydrogen) atoms. The van der Waals surface area contributed by atoms with E-state index in [1.54, 1.807) is 18.2 Å². The summed E-state index contributed by atoms with van der Waals surface area (Å²) in [4.78, 5) is 10.9. The van der Waals surface area contributed by atoms with Crippen LogP contribution in [0.3, 0.4) is 0 Å². The zero-order valence-electron chi connectivity index (χ0n) is 8.74. The quantitative estimate of drug-likeness (QED) is 0.802. The molecule has 1 amide bonds. The molecule has 1 aromatic rings. The average molecular weight is 228 g/mol. The van der Waals surface area contributed by atoms with Gasteiger partial charge in [-0.25, -0.2) is 0 Å². The van der Waals surface area contributed by atoms with E-state index < -0.39 is 11.3 Å². The Morgan fingerprint density at radius 3 is 2.67 bits per heavy atom. The summed E-state index contributed by atoms with van der Waals surface area (Å²) in [5.74, 6) is 0.132. The van der Waals surface area contributed by atoms with Gasteiger partial charge in [-0.2, -0.15) is 0 Å². The van der Waals surface area contributed by atoms with Crippen molar-refractivity contribution in [2.45, 2.75) is 25.3 Å². The third-order valence-electron chi connectivity index (χ3n) is 1.77. The molecule has 0 heterocycles. The molecule has 0 aliphatic heterocycles. The van der Waals surface area contributed by atoms with Crippen molar-refractivity contribution in [1.82, 2.24) is 0 Å². The predicted molar refractivity (Wildman–Crippen MR) is 60.0 cm³/mol. The van der Waals surface area contributed by atoms with Gasteiger partial charge in [0.2, 0.25) is 5.91 Å². The Labute approximate surface area is 94.2 Å². The fraction of sp³-hybridized carbons (Fsp3) is 0.364. The number of hydrogen-bond acceptors (Lipinski definition) is 2. The highest BCUT2D eigenvalue weighted by molar-refractivity contribution is 6.30. The largest absolute Gasteiger partial charge is 0.491 e. The van der Waals surface area contributed by atoms with Crippen molar-refractivity contribution in [3.8, 4) is 5.75 Å². The Hall–Kier alpha value is -1.22. The number of primary amides is 1. The fourth-order valence-corrected chi connectivity index (χ4v) is 1.32. The molecule has 0 saturated heterocycles. The topological polar surface area (TPSA) is 52.3 Å². The SMILES string of the molecule is CC(C)Oc1cccc(C(Cl)C(N)=O)c1. The van der Waals surface area contributed by atoms with E-state index in [-0.39, 0.29) is 6.10 Å². The minimum atomic E-state index is -0.805. The number of carbonyl (C=O) groups excluding carboxylic acids is 1. The molecule has 1 aromatic carbocycles. The molecule has 0 aliphatic rings. The lowest BCUT2D eigenvalue weighted by Crippen LogP contribution is -2.17. The van der Waals surface area contributed by atoms with Crippen LogP contribution < -0.4 is 10.5 Å². The molecule has 1 rings (SSSR count). The van der Waals surface area contributed by atoms with Crippen LogP contribution in [0.5, 0.6) is 5.75 Å². The van der Waals surface area contributed by atoms with Crippen LogP contribution in [0.15, 0.2) is 24.3 Å². The molecule has 1 atom stereocenters. The van der Waals surface area contributed by atoms with E-state index in [9.17, 15) is 4.79 Å². The standard InChI is InChI=1S/C11H14ClNO2/c1-7(2)15-9-5-3-4-8(6-9)10(12)11(13)14/h3-7,10H,1-2H3,(H2,13,14). The third-order valence-corrected chi connectivity index (χ3v) is 2.24. The van der Waals surface area contributed by atoms with Crippen molar-refractivity contribution in [2.24, 2.45) is 5.73 Å². The van der Waals surface area contributed by atoms with Crippen LogP contribution in [0.1, 0.15) is 24.8 Å². The first kappa shape index (κ1) is 11.9. The normalized spacial score (nSPS) is 12.5. The van der Waals surface area contributed by atoms with E-state index in [1.165, 1.54) is 0 Å². The van der Waals surface area contributed by atoms with E-state index in [1.807, 2.05) is 19.9 Å². The highest BCUT2D eigenvalue weighted by atomic mass is 35.5. The number of benzene rings is 1. The maximum absolute atomic E-state index is 10.9. The molecule has 3 nitrogen and oxygen atoms in total. The smallest absolute Gasteiger partial charge is 0.240 e. The van der Waals surface area contributed by atoms with Crippen LogP contribution in [0.2, 0.25) is 0 Å². The molecule has 0 aromatic heterocycles. The molecule has 0 saturated carbocycles. The first-order valence-electron chi connectivity index (χ1n) is 4.70. The van der Waals surface area contributed by atoms with Gasteiger partial charge < -0.3 is 10.5 Å². The Kier molecular flexibility index (Phi) is 3.97. The van der Waals surface area contributed by atoms with Crippen molar-refractivity contribution >= 4 is 17.5 Å². The maximum atomic E-state index is 10.9. The Morgan fingerprint density at radius 1 is 1.47 bits per heavy atom. The summed E-state index contributed by atoms with van der Waals surface area (Å²) in [6, 6.07) is 7.07. The van der Waals surface area contributed by atoms with Crippen molar-refractivity contribution in [3.05, 3.63) is 29.8 Å². The second-order valence-electron chi connectivity index (χ2n) is 3.50. The monoisotopic (exact) mass is 227 g/mol. The average Bonchev–Trinajstić information content (AvgIpc) is 2.16. The second-order valence-corrected chi connectivity index (χ2v) is 3.94. The Balaban J connectivity index is 2.87. The van der Waals surface area contributed by atoms with Crippen LogP contribution >= 0.6 is 11.6 Å². The number of alkyl halides is 1. The van der Waals surface area contributed by atoms with Gasteiger partial charge in [0.15, 0.2) is 0 Å². The van der Waals surface area contributed by atoms with Crippen molar-refractivity contribution < 1.29 is 9.53 Å². The van der Waals surface area contributed by atoms with Gasteiger partial charge in [-0.1, -0.05) is 12.1 Å². The maximum Gasteiger partial charge on any atom is 0.240 e. The number of halogens is 1. The molecular formula is C11H14ClNO2. The molecule has 2 N–H and O–H groups in total. The molecular weight excluding hydrogens is 214 g/mol. The van der Waals surface area contributed by atoms with E-state index in [4.69, 9.17) is 22.1 Å². The van der Waals surface area contributed by atoms with E-state index in [0.29, 0.717) is 11.3 Å². The van der Waals surface area contributed by atoms with Crippen LogP contribution in [0.4, 0.5) is 0 Å². The molecule has 82 valence electrons. The number of amides is 1. The van der Waals surface area contributed by atoms with Gasteiger partial charge in [-0.15, -0.1) is 11.6 Å².